The fourth-order valence-electron chi connectivity index (χ4n) is 2.45. The first-order valence-corrected chi connectivity index (χ1v) is 6.88. The first-order valence-electron chi connectivity index (χ1n) is 6.88. The van der Waals surface area contributed by atoms with Crippen molar-refractivity contribution in [3.05, 3.63) is 36.5 Å². The molecule has 21 heavy (non-hydrogen) atoms. The summed E-state index contributed by atoms with van der Waals surface area (Å²) in [7, 11) is 1.66. The average Bonchev–Trinajstić information content (AvgIpc) is 2.86. The molecule has 0 aliphatic rings. The van der Waals surface area contributed by atoms with Crippen molar-refractivity contribution in [2.45, 2.75) is 19.9 Å². The minimum atomic E-state index is 0.276. The van der Waals surface area contributed by atoms with Crippen LogP contribution in [0.3, 0.4) is 0 Å². The molecule has 0 atom stereocenters. The predicted octanol–water partition coefficient (Wildman–Crippen LogP) is 3.27. The van der Waals surface area contributed by atoms with Crippen LogP contribution in [0.15, 0.2) is 36.5 Å². The lowest BCUT2D eigenvalue weighted by atomic mass is 10.2. The molecule has 0 spiro atoms. The van der Waals surface area contributed by atoms with Crippen LogP contribution in [0, 0.1) is 0 Å². The molecule has 0 saturated carbocycles. The van der Waals surface area contributed by atoms with Gasteiger partial charge < -0.3 is 15.0 Å². The molecule has 3 aromatic rings. The van der Waals surface area contributed by atoms with Crippen molar-refractivity contribution in [1.82, 2.24) is 14.5 Å². The van der Waals surface area contributed by atoms with Crippen molar-refractivity contribution in [3.8, 4) is 17.3 Å². The lowest BCUT2D eigenvalue weighted by Crippen LogP contribution is -2.04. The van der Waals surface area contributed by atoms with Gasteiger partial charge in [0, 0.05) is 12.1 Å². The zero-order valence-electron chi connectivity index (χ0n) is 12.4. The summed E-state index contributed by atoms with van der Waals surface area (Å²) in [6, 6.07) is 9.93. The van der Waals surface area contributed by atoms with Crippen LogP contribution in [0.1, 0.15) is 19.9 Å². The Bertz CT molecular complexity index is 775. The Kier molecular flexibility index (Phi) is 3.25. The second-order valence-electron chi connectivity index (χ2n) is 5.23. The van der Waals surface area contributed by atoms with E-state index in [-0.39, 0.29) is 6.04 Å². The molecule has 3 rings (SSSR count). The molecule has 5 nitrogen and oxygen atoms in total. The maximum atomic E-state index is 5.71. The van der Waals surface area contributed by atoms with Gasteiger partial charge in [-0.15, -0.1) is 0 Å². The fraction of sp³-hybridized carbons (Fsp3) is 0.250. The zero-order chi connectivity index (χ0) is 15.0. The van der Waals surface area contributed by atoms with E-state index in [0.717, 1.165) is 28.3 Å². The third-order valence-corrected chi connectivity index (χ3v) is 3.43. The third kappa shape index (κ3) is 2.31. The van der Waals surface area contributed by atoms with E-state index in [4.69, 9.17) is 15.5 Å². The number of imidazole rings is 1. The number of ether oxygens (including phenoxy) is 1. The van der Waals surface area contributed by atoms with Gasteiger partial charge in [0.2, 0.25) is 0 Å². The Hall–Kier alpha value is -2.56. The van der Waals surface area contributed by atoms with Gasteiger partial charge in [-0.25, -0.2) is 4.98 Å². The Morgan fingerprint density at radius 3 is 2.62 bits per heavy atom. The highest BCUT2D eigenvalue weighted by molar-refractivity contribution is 5.81. The molecule has 0 radical (unpaired) electrons. The van der Waals surface area contributed by atoms with Crippen molar-refractivity contribution in [2.24, 2.45) is 0 Å². The summed E-state index contributed by atoms with van der Waals surface area (Å²) in [6.45, 7) is 4.26. The molecule has 0 aliphatic carbocycles. The molecule has 0 amide bonds. The van der Waals surface area contributed by atoms with E-state index in [1.54, 1.807) is 13.3 Å². The monoisotopic (exact) mass is 282 g/mol. The van der Waals surface area contributed by atoms with Gasteiger partial charge in [0.05, 0.1) is 30.0 Å². The summed E-state index contributed by atoms with van der Waals surface area (Å²) in [5.41, 5.74) is 9.14. The van der Waals surface area contributed by atoms with Gasteiger partial charge in [-0.05, 0) is 38.1 Å². The quantitative estimate of drug-likeness (QED) is 0.800. The molecule has 0 fully saturated rings. The van der Waals surface area contributed by atoms with E-state index in [9.17, 15) is 0 Å². The van der Waals surface area contributed by atoms with Crippen molar-refractivity contribution < 1.29 is 4.74 Å². The van der Waals surface area contributed by atoms with Crippen molar-refractivity contribution >= 4 is 16.7 Å². The van der Waals surface area contributed by atoms with E-state index in [1.807, 2.05) is 30.3 Å². The van der Waals surface area contributed by atoms with Crippen LogP contribution in [0.2, 0.25) is 0 Å². The number of hydrogen-bond acceptors (Lipinski definition) is 4. The molecule has 2 heterocycles. The highest BCUT2D eigenvalue weighted by atomic mass is 16.5. The van der Waals surface area contributed by atoms with Crippen LogP contribution >= 0.6 is 0 Å². The predicted molar refractivity (Wildman–Crippen MR) is 84.3 cm³/mol. The van der Waals surface area contributed by atoms with Crippen molar-refractivity contribution in [1.29, 1.82) is 0 Å². The lowest BCUT2D eigenvalue weighted by Gasteiger charge is -2.12. The summed E-state index contributed by atoms with van der Waals surface area (Å²) in [6.07, 6.45) is 1.65. The second-order valence-corrected chi connectivity index (χ2v) is 5.23. The number of hydrogen-bond donors (Lipinski definition) is 1. The number of nitrogens with two attached hydrogens (primary N) is 1. The number of rotatable bonds is 3. The number of aromatic nitrogens is 3. The van der Waals surface area contributed by atoms with Gasteiger partial charge >= 0.3 is 0 Å². The van der Waals surface area contributed by atoms with E-state index in [0.29, 0.717) is 5.69 Å². The standard InChI is InChI=1S/C16H18N4O/c1-10(2)20-15-7-5-12(21-3)8-14(15)19-16(20)13-6-4-11(17)9-18-13/h4-10H,17H2,1-3H3. The van der Waals surface area contributed by atoms with Crippen molar-refractivity contribution in [2.75, 3.05) is 12.8 Å². The smallest absolute Gasteiger partial charge is 0.160 e. The second kappa shape index (κ2) is 5.09. The van der Waals surface area contributed by atoms with Crippen molar-refractivity contribution in [3.63, 3.8) is 0 Å². The van der Waals surface area contributed by atoms with E-state index in [2.05, 4.69) is 23.4 Å². The highest BCUT2D eigenvalue weighted by Gasteiger charge is 2.16. The molecule has 2 N–H and O–H groups in total. The Balaban J connectivity index is 2.25. The highest BCUT2D eigenvalue weighted by Crippen LogP contribution is 2.29. The third-order valence-electron chi connectivity index (χ3n) is 3.43. The van der Waals surface area contributed by atoms with Crippen LogP contribution < -0.4 is 10.5 Å². The summed E-state index contributed by atoms with van der Waals surface area (Å²) in [5, 5.41) is 0. The number of nitrogen functional groups attached to an aromatic ring is 1. The van der Waals surface area contributed by atoms with Crippen LogP contribution in [0.4, 0.5) is 5.69 Å². The van der Waals surface area contributed by atoms with Crippen LogP contribution in [0.5, 0.6) is 5.75 Å². The molecular weight excluding hydrogens is 264 g/mol. The number of pyridine rings is 1. The molecule has 108 valence electrons. The summed E-state index contributed by atoms with van der Waals surface area (Å²) in [4.78, 5) is 9.11. The van der Waals surface area contributed by atoms with Crippen LogP contribution in [-0.2, 0) is 0 Å². The number of fused-ring (bicyclic) bond motifs is 1. The molecule has 2 aromatic heterocycles. The maximum absolute atomic E-state index is 5.71. The van der Waals surface area contributed by atoms with Gasteiger partial charge in [-0.1, -0.05) is 0 Å². The first-order chi connectivity index (χ1) is 10.1. The number of anilines is 1. The van der Waals surface area contributed by atoms with Gasteiger partial charge in [0.15, 0.2) is 5.82 Å². The molecule has 0 aliphatic heterocycles. The SMILES string of the molecule is COc1ccc2c(c1)nc(-c1ccc(N)cn1)n2C(C)C. The number of benzene rings is 1. The molecule has 0 bridgehead atoms. The maximum Gasteiger partial charge on any atom is 0.160 e. The molecular formula is C16H18N4O. The minimum Gasteiger partial charge on any atom is -0.497 e. The Morgan fingerprint density at radius 1 is 1.19 bits per heavy atom. The number of nitrogens with zero attached hydrogens (tertiary/aromatic N) is 3. The van der Waals surface area contributed by atoms with Gasteiger partial charge in [-0.3, -0.25) is 4.98 Å². The van der Waals surface area contributed by atoms with E-state index in [1.165, 1.54) is 0 Å². The molecule has 5 heteroatoms. The molecule has 0 saturated heterocycles. The zero-order valence-corrected chi connectivity index (χ0v) is 12.4. The van der Waals surface area contributed by atoms with Crippen LogP contribution in [-0.4, -0.2) is 21.6 Å². The Labute approximate surface area is 123 Å². The summed E-state index contributed by atoms with van der Waals surface area (Å²) < 4.78 is 7.45. The summed E-state index contributed by atoms with van der Waals surface area (Å²) >= 11 is 0. The van der Waals surface area contributed by atoms with Gasteiger partial charge in [0.25, 0.3) is 0 Å². The molecule has 0 unspecified atom stereocenters. The van der Waals surface area contributed by atoms with E-state index < -0.39 is 0 Å². The first kappa shape index (κ1) is 13.4. The largest absolute Gasteiger partial charge is 0.497 e. The van der Waals surface area contributed by atoms with Gasteiger partial charge in [0.1, 0.15) is 11.4 Å². The van der Waals surface area contributed by atoms with Crippen LogP contribution in [0.25, 0.3) is 22.6 Å². The van der Waals surface area contributed by atoms with Gasteiger partial charge in [-0.2, -0.15) is 0 Å². The minimum absolute atomic E-state index is 0.276. The molecule has 1 aromatic carbocycles. The Morgan fingerprint density at radius 2 is 2.00 bits per heavy atom. The fourth-order valence-corrected chi connectivity index (χ4v) is 2.45. The average molecular weight is 282 g/mol. The van der Waals surface area contributed by atoms with E-state index >= 15 is 0 Å². The lowest BCUT2D eigenvalue weighted by molar-refractivity contribution is 0.415. The topological polar surface area (TPSA) is 66.0 Å². The number of methoxy groups -OCH3 is 1. The summed E-state index contributed by atoms with van der Waals surface area (Å²) in [5.74, 6) is 1.64. The normalized spacial score (nSPS) is 11.2.